The fraction of sp³-hybridized carbons (Fsp3) is 0.300. The Balaban J connectivity index is 2.38. The third-order valence-electron chi connectivity index (χ3n) is 2.33. The highest BCUT2D eigenvalue weighted by Crippen LogP contribution is 2.32. The average molecular weight is 207 g/mol. The van der Waals surface area contributed by atoms with Gasteiger partial charge in [0.1, 0.15) is 5.75 Å². The van der Waals surface area contributed by atoms with Crippen molar-refractivity contribution in [2.75, 3.05) is 29.9 Å². The van der Waals surface area contributed by atoms with Gasteiger partial charge >= 0.3 is 0 Å². The zero-order valence-electron chi connectivity index (χ0n) is 8.23. The van der Waals surface area contributed by atoms with Crippen molar-refractivity contribution in [1.29, 1.82) is 0 Å². The van der Waals surface area contributed by atoms with E-state index in [0.717, 1.165) is 11.4 Å². The predicted molar refractivity (Wildman–Crippen MR) is 58.0 cm³/mol. The molecule has 5 heteroatoms. The molecule has 4 N–H and O–H groups in total. The van der Waals surface area contributed by atoms with Gasteiger partial charge in [-0.1, -0.05) is 0 Å². The number of anilines is 2. The molecule has 0 fully saturated rings. The minimum Gasteiger partial charge on any atom is -0.508 e. The van der Waals surface area contributed by atoms with E-state index in [1.54, 1.807) is 18.2 Å². The van der Waals surface area contributed by atoms with Crippen molar-refractivity contribution >= 4 is 17.3 Å². The van der Waals surface area contributed by atoms with E-state index in [4.69, 9.17) is 5.73 Å². The summed E-state index contributed by atoms with van der Waals surface area (Å²) >= 11 is 0. The van der Waals surface area contributed by atoms with E-state index in [1.807, 2.05) is 4.90 Å². The maximum absolute atomic E-state index is 11.3. The lowest BCUT2D eigenvalue weighted by Gasteiger charge is -2.30. The normalized spacial score (nSPS) is 14.7. The molecule has 0 radical (unpaired) electrons. The van der Waals surface area contributed by atoms with Gasteiger partial charge in [0.25, 0.3) is 0 Å². The summed E-state index contributed by atoms with van der Waals surface area (Å²) in [4.78, 5) is 13.2. The highest BCUT2D eigenvalue weighted by molar-refractivity contribution is 6.01. The lowest BCUT2D eigenvalue weighted by Crippen LogP contribution is -2.40. The van der Waals surface area contributed by atoms with E-state index in [9.17, 15) is 9.90 Å². The Morgan fingerprint density at radius 3 is 3.07 bits per heavy atom. The van der Waals surface area contributed by atoms with E-state index in [-0.39, 0.29) is 18.2 Å². The zero-order valence-corrected chi connectivity index (χ0v) is 8.23. The second-order valence-electron chi connectivity index (χ2n) is 3.46. The summed E-state index contributed by atoms with van der Waals surface area (Å²) in [5.41, 5.74) is 7.00. The molecule has 1 aromatic rings. The van der Waals surface area contributed by atoms with Gasteiger partial charge in [0.05, 0.1) is 17.9 Å². The summed E-state index contributed by atoms with van der Waals surface area (Å²) in [5.74, 6) is 0.133. The SMILES string of the molecule is NCCN1CC(=O)Nc2ccc(O)cc21. The standard InChI is InChI=1S/C10H13N3O2/c11-3-4-13-6-10(15)12-8-2-1-7(14)5-9(8)13/h1-2,5,14H,3-4,6,11H2,(H,12,15). The van der Waals surface area contributed by atoms with Gasteiger partial charge in [0.15, 0.2) is 0 Å². The molecule has 0 aromatic heterocycles. The Morgan fingerprint density at radius 1 is 1.53 bits per heavy atom. The van der Waals surface area contributed by atoms with Crippen molar-refractivity contribution in [2.45, 2.75) is 0 Å². The molecule has 1 heterocycles. The van der Waals surface area contributed by atoms with Crippen molar-refractivity contribution < 1.29 is 9.90 Å². The molecule has 2 rings (SSSR count). The van der Waals surface area contributed by atoms with Gasteiger partial charge in [-0.25, -0.2) is 0 Å². The number of phenolic OH excluding ortho intramolecular Hbond substituents is 1. The molecular formula is C10H13N3O2. The Labute approximate surface area is 87.5 Å². The Bertz CT molecular complexity index is 392. The monoisotopic (exact) mass is 207 g/mol. The van der Waals surface area contributed by atoms with Crippen LogP contribution < -0.4 is 16.0 Å². The smallest absolute Gasteiger partial charge is 0.243 e. The first-order valence-corrected chi connectivity index (χ1v) is 4.78. The third kappa shape index (κ3) is 1.87. The maximum atomic E-state index is 11.3. The molecule has 5 nitrogen and oxygen atoms in total. The number of hydrogen-bond donors (Lipinski definition) is 3. The Kier molecular flexibility index (Phi) is 2.47. The van der Waals surface area contributed by atoms with E-state index in [2.05, 4.69) is 5.32 Å². The van der Waals surface area contributed by atoms with Gasteiger partial charge in [-0.15, -0.1) is 0 Å². The fourth-order valence-electron chi connectivity index (χ4n) is 1.69. The molecule has 0 saturated carbocycles. The minimum atomic E-state index is -0.0540. The lowest BCUT2D eigenvalue weighted by atomic mass is 10.2. The van der Waals surface area contributed by atoms with Crippen molar-refractivity contribution in [1.82, 2.24) is 0 Å². The molecule has 15 heavy (non-hydrogen) atoms. The van der Waals surface area contributed by atoms with Crippen molar-refractivity contribution in [3.05, 3.63) is 18.2 Å². The van der Waals surface area contributed by atoms with Crippen LogP contribution in [-0.2, 0) is 4.79 Å². The predicted octanol–water partition coefficient (Wildman–Crippen LogP) is 0.109. The average Bonchev–Trinajstić information content (AvgIpc) is 2.19. The summed E-state index contributed by atoms with van der Waals surface area (Å²) in [6.07, 6.45) is 0. The fourth-order valence-corrected chi connectivity index (χ4v) is 1.69. The highest BCUT2D eigenvalue weighted by Gasteiger charge is 2.21. The number of hydrogen-bond acceptors (Lipinski definition) is 4. The molecule has 1 aromatic carbocycles. The molecule has 1 aliphatic heterocycles. The van der Waals surface area contributed by atoms with Crippen LogP contribution in [0.15, 0.2) is 18.2 Å². The van der Waals surface area contributed by atoms with E-state index in [1.165, 1.54) is 0 Å². The molecule has 0 aliphatic carbocycles. The summed E-state index contributed by atoms with van der Waals surface area (Å²) < 4.78 is 0. The van der Waals surface area contributed by atoms with Crippen molar-refractivity contribution in [3.63, 3.8) is 0 Å². The third-order valence-corrected chi connectivity index (χ3v) is 2.33. The van der Waals surface area contributed by atoms with E-state index < -0.39 is 0 Å². The number of carbonyl (C=O) groups is 1. The molecular weight excluding hydrogens is 194 g/mol. The molecule has 80 valence electrons. The number of nitrogens with two attached hydrogens (primary N) is 1. The van der Waals surface area contributed by atoms with Crippen molar-refractivity contribution in [2.24, 2.45) is 5.73 Å². The molecule has 0 bridgehead atoms. The van der Waals surface area contributed by atoms with Gasteiger partial charge in [0, 0.05) is 19.2 Å². The number of benzene rings is 1. The molecule has 0 unspecified atom stereocenters. The van der Waals surface area contributed by atoms with Gasteiger partial charge in [-0.2, -0.15) is 0 Å². The second kappa shape index (κ2) is 3.78. The largest absolute Gasteiger partial charge is 0.508 e. The number of nitrogens with one attached hydrogen (secondary N) is 1. The molecule has 0 saturated heterocycles. The molecule has 1 aliphatic rings. The topological polar surface area (TPSA) is 78.6 Å². The van der Waals surface area contributed by atoms with Gasteiger partial charge in [-0.05, 0) is 12.1 Å². The van der Waals surface area contributed by atoms with E-state index >= 15 is 0 Å². The number of amides is 1. The zero-order chi connectivity index (χ0) is 10.8. The minimum absolute atomic E-state index is 0.0540. The summed E-state index contributed by atoms with van der Waals surface area (Å²) in [6, 6.07) is 4.86. The summed E-state index contributed by atoms with van der Waals surface area (Å²) in [6.45, 7) is 1.36. The van der Waals surface area contributed by atoms with Gasteiger partial charge in [0.2, 0.25) is 5.91 Å². The lowest BCUT2D eigenvalue weighted by molar-refractivity contribution is -0.115. The second-order valence-corrected chi connectivity index (χ2v) is 3.46. The first-order valence-electron chi connectivity index (χ1n) is 4.78. The number of aromatic hydroxyl groups is 1. The molecule has 0 atom stereocenters. The van der Waals surface area contributed by atoms with Crippen molar-refractivity contribution in [3.8, 4) is 5.75 Å². The highest BCUT2D eigenvalue weighted by atomic mass is 16.3. The number of carbonyl (C=O) groups excluding carboxylic acids is 1. The van der Waals surface area contributed by atoms with Crippen LogP contribution in [0.1, 0.15) is 0 Å². The van der Waals surface area contributed by atoms with Gasteiger partial charge in [-0.3, -0.25) is 4.79 Å². The number of phenols is 1. The van der Waals surface area contributed by atoms with Crippen LogP contribution in [0.5, 0.6) is 5.75 Å². The van der Waals surface area contributed by atoms with E-state index in [0.29, 0.717) is 13.1 Å². The van der Waals surface area contributed by atoms with Gasteiger partial charge < -0.3 is 21.1 Å². The Hall–Kier alpha value is -1.75. The van der Waals surface area contributed by atoms with Crippen LogP contribution in [0.3, 0.4) is 0 Å². The molecule has 1 amide bonds. The number of fused-ring (bicyclic) bond motifs is 1. The van der Waals surface area contributed by atoms with Crippen LogP contribution in [-0.4, -0.2) is 30.6 Å². The first kappa shape index (κ1) is 9.79. The first-order chi connectivity index (χ1) is 7.20. The summed E-state index contributed by atoms with van der Waals surface area (Å²) in [7, 11) is 0. The summed E-state index contributed by atoms with van der Waals surface area (Å²) in [5, 5.41) is 12.1. The van der Waals surface area contributed by atoms with Crippen LogP contribution in [0.2, 0.25) is 0 Å². The Morgan fingerprint density at radius 2 is 2.33 bits per heavy atom. The van der Waals surface area contributed by atoms with Crippen LogP contribution in [0, 0.1) is 0 Å². The maximum Gasteiger partial charge on any atom is 0.243 e. The van der Waals surface area contributed by atoms with Crippen LogP contribution >= 0.6 is 0 Å². The quantitative estimate of drug-likeness (QED) is 0.601. The van der Waals surface area contributed by atoms with Crippen LogP contribution in [0.4, 0.5) is 11.4 Å². The number of nitrogens with zero attached hydrogens (tertiary/aromatic N) is 1. The molecule has 0 spiro atoms. The number of rotatable bonds is 2. The van der Waals surface area contributed by atoms with Crippen LogP contribution in [0.25, 0.3) is 0 Å².